The second-order valence-corrected chi connectivity index (χ2v) is 6.88. The van der Waals surface area contributed by atoms with Crippen LogP contribution in [0.3, 0.4) is 0 Å². The van der Waals surface area contributed by atoms with E-state index < -0.39 is 12.1 Å². The highest BCUT2D eigenvalue weighted by atomic mass is 32.1. The number of nitrogens with two attached hydrogens (primary N) is 1. The lowest BCUT2D eigenvalue weighted by Gasteiger charge is -2.25. The summed E-state index contributed by atoms with van der Waals surface area (Å²) in [7, 11) is 0. The molecule has 26 heavy (non-hydrogen) atoms. The molecule has 0 aliphatic carbocycles. The maximum absolute atomic E-state index is 12.5. The van der Waals surface area contributed by atoms with Gasteiger partial charge in [0.2, 0.25) is 5.91 Å². The first-order valence-electron chi connectivity index (χ1n) is 8.40. The number of aromatic nitrogens is 1. The highest BCUT2D eigenvalue weighted by Crippen LogP contribution is 2.28. The first kappa shape index (κ1) is 18.1. The van der Waals surface area contributed by atoms with E-state index in [-0.39, 0.29) is 12.3 Å². The second-order valence-electron chi connectivity index (χ2n) is 5.99. The Bertz CT molecular complexity index is 837. The largest absolute Gasteiger partial charge is 0.386 e. The van der Waals surface area contributed by atoms with Crippen molar-refractivity contribution in [1.82, 2.24) is 10.3 Å². The summed E-state index contributed by atoms with van der Waals surface area (Å²) in [5, 5.41) is 16.2. The number of carbonyl (C=O) groups is 1. The van der Waals surface area contributed by atoms with Crippen LogP contribution in [0.2, 0.25) is 0 Å². The topological polar surface area (TPSA) is 88.2 Å². The molecular formula is C20H21N3O2S. The Morgan fingerprint density at radius 2 is 1.69 bits per heavy atom. The summed E-state index contributed by atoms with van der Waals surface area (Å²) in [6.45, 7) is 0. The van der Waals surface area contributed by atoms with E-state index in [0.717, 1.165) is 16.8 Å². The first-order valence-corrected chi connectivity index (χ1v) is 9.28. The molecule has 0 unspecified atom stereocenters. The minimum Gasteiger partial charge on any atom is -0.386 e. The number of hydrogen-bond acceptors (Lipinski definition) is 5. The molecule has 0 bridgehead atoms. The third-order valence-electron chi connectivity index (χ3n) is 4.11. The fourth-order valence-electron chi connectivity index (χ4n) is 2.77. The monoisotopic (exact) mass is 367 g/mol. The van der Waals surface area contributed by atoms with Gasteiger partial charge >= 0.3 is 0 Å². The number of aryl methyl sites for hydroxylation is 1. The van der Waals surface area contributed by atoms with Gasteiger partial charge in [-0.05, 0) is 17.5 Å². The Labute approximate surface area is 156 Å². The van der Waals surface area contributed by atoms with Crippen molar-refractivity contribution in [2.24, 2.45) is 0 Å². The van der Waals surface area contributed by atoms with Crippen LogP contribution in [0.25, 0.3) is 0 Å². The molecule has 5 nitrogen and oxygen atoms in total. The minimum absolute atomic E-state index is 0.139. The average molecular weight is 367 g/mol. The molecule has 2 aromatic carbocycles. The van der Waals surface area contributed by atoms with E-state index in [1.807, 2.05) is 66.0 Å². The van der Waals surface area contributed by atoms with Crippen LogP contribution >= 0.6 is 11.3 Å². The van der Waals surface area contributed by atoms with Gasteiger partial charge in [0.05, 0.1) is 11.7 Å². The molecule has 3 aromatic rings. The lowest BCUT2D eigenvalue weighted by Crippen LogP contribution is -2.32. The lowest BCUT2D eigenvalue weighted by molar-refractivity contribution is -0.122. The number of nitrogens with one attached hydrogen (secondary N) is 1. The van der Waals surface area contributed by atoms with Gasteiger partial charge in [-0.2, -0.15) is 0 Å². The summed E-state index contributed by atoms with van der Waals surface area (Å²) in [6.07, 6.45) is -0.0336. The molecule has 0 saturated carbocycles. The van der Waals surface area contributed by atoms with Crippen LogP contribution in [0.1, 0.15) is 35.4 Å². The number of amides is 1. The molecule has 4 N–H and O–H groups in total. The number of nitrogen functional groups attached to an aromatic ring is 1. The summed E-state index contributed by atoms with van der Waals surface area (Å²) in [5.41, 5.74) is 8.04. The standard InChI is InChI=1S/C20H21N3O2S/c21-20-22-16(13-26-20)11-12-17(24)23-18(14-7-3-1-4-8-14)19(25)15-9-5-2-6-10-15/h1-10,13,18-19,25H,11-12H2,(H2,21,22)(H,23,24)/t18-,19+/m0/s1. The van der Waals surface area contributed by atoms with Crippen LogP contribution in [0.5, 0.6) is 0 Å². The molecule has 0 spiro atoms. The van der Waals surface area contributed by atoms with Crippen molar-refractivity contribution >= 4 is 22.4 Å². The molecular weight excluding hydrogens is 346 g/mol. The fourth-order valence-corrected chi connectivity index (χ4v) is 3.37. The van der Waals surface area contributed by atoms with Crippen LogP contribution in [0.4, 0.5) is 5.13 Å². The van der Waals surface area contributed by atoms with Gasteiger partial charge in [-0.15, -0.1) is 11.3 Å². The highest BCUT2D eigenvalue weighted by molar-refractivity contribution is 7.13. The molecule has 134 valence electrons. The van der Waals surface area contributed by atoms with Gasteiger partial charge in [-0.1, -0.05) is 60.7 Å². The van der Waals surface area contributed by atoms with Crippen molar-refractivity contribution in [3.05, 3.63) is 82.9 Å². The Morgan fingerprint density at radius 3 is 2.27 bits per heavy atom. The Balaban J connectivity index is 1.72. The minimum atomic E-state index is -0.836. The number of rotatable bonds is 7. The predicted octanol–water partition coefficient (Wildman–Crippen LogP) is 3.25. The van der Waals surface area contributed by atoms with Crippen molar-refractivity contribution < 1.29 is 9.90 Å². The first-order chi connectivity index (χ1) is 12.6. The van der Waals surface area contributed by atoms with Gasteiger partial charge in [-0.25, -0.2) is 4.98 Å². The van der Waals surface area contributed by atoms with Gasteiger partial charge in [0.25, 0.3) is 0 Å². The van der Waals surface area contributed by atoms with Crippen LogP contribution in [-0.4, -0.2) is 16.0 Å². The van der Waals surface area contributed by atoms with E-state index >= 15 is 0 Å². The Hall–Kier alpha value is -2.70. The van der Waals surface area contributed by atoms with Crippen molar-refractivity contribution in [1.29, 1.82) is 0 Å². The zero-order valence-electron chi connectivity index (χ0n) is 14.2. The van der Waals surface area contributed by atoms with Gasteiger partial charge in [0.1, 0.15) is 6.10 Å². The fraction of sp³-hybridized carbons (Fsp3) is 0.200. The molecule has 1 aromatic heterocycles. The van der Waals surface area contributed by atoms with E-state index in [0.29, 0.717) is 11.6 Å². The maximum atomic E-state index is 12.5. The van der Waals surface area contributed by atoms with Crippen LogP contribution in [0.15, 0.2) is 66.0 Å². The molecule has 3 rings (SSSR count). The molecule has 6 heteroatoms. The quantitative estimate of drug-likeness (QED) is 0.598. The van der Waals surface area contributed by atoms with E-state index in [9.17, 15) is 9.90 Å². The smallest absolute Gasteiger partial charge is 0.220 e. The SMILES string of the molecule is Nc1nc(CCC(=O)N[C@@H](c2ccccc2)[C@H](O)c2ccccc2)cs1. The van der Waals surface area contributed by atoms with E-state index in [1.165, 1.54) is 11.3 Å². The number of carbonyl (C=O) groups excluding carboxylic acids is 1. The van der Waals surface area contributed by atoms with Gasteiger partial charge in [0.15, 0.2) is 5.13 Å². The zero-order chi connectivity index (χ0) is 18.4. The van der Waals surface area contributed by atoms with Crippen molar-refractivity contribution in [2.75, 3.05) is 5.73 Å². The summed E-state index contributed by atoms with van der Waals surface area (Å²) >= 11 is 1.36. The third-order valence-corrected chi connectivity index (χ3v) is 4.83. The predicted molar refractivity (Wildman–Crippen MR) is 104 cm³/mol. The second kappa shape index (κ2) is 8.60. The molecule has 1 heterocycles. The van der Waals surface area contributed by atoms with Crippen LogP contribution in [-0.2, 0) is 11.2 Å². The molecule has 1 amide bonds. The lowest BCUT2D eigenvalue weighted by atomic mass is 9.95. The number of thiazole rings is 1. The normalized spacial score (nSPS) is 13.1. The molecule has 0 aliphatic heterocycles. The van der Waals surface area contributed by atoms with E-state index in [2.05, 4.69) is 10.3 Å². The van der Waals surface area contributed by atoms with Crippen molar-refractivity contribution in [2.45, 2.75) is 25.0 Å². The molecule has 0 radical (unpaired) electrons. The van der Waals surface area contributed by atoms with Gasteiger partial charge < -0.3 is 16.2 Å². The number of aliphatic hydroxyl groups excluding tert-OH is 1. The number of anilines is 1. The van der Waals surface area contributed by atoms with Crippen molar-refractivity contribution in [3.63, 3.8) is 0 Å². The van der Waals surface area contributed by atoms with Gasteiger partial charge in [0, 0.05) is 11.8 Å². The number of aliphatic hydroxyl groups is 1. The summed E-state index contributed by atoms with van der Waals surface area (Å²) in [5.74, 6) is -0.139. The third kappa shape index (κ3) is 4.68. The highest BCUT2D eigenvalue weighted by Gasteiger charge is 2.24. The average Bonchev–Trinajstić information content (AvgIpc) is 3.10. The number of nitrogens with zero attached hydrogens (tertiary/aromatic N) is 1. The number of hydrogen-bond donors (Lipinski definition) is 3. The van der Waals surface area contributed by atoms with E-state index in [4.69, 9.17) is 5.73 Å². The zero-order valence-corrected chi connectivity index (χ0v) is 15.0. The maximum Gasteiger partial charge on any atom is 0.220 e. The van der Waals surface area contributed by atoms with Crippen LogP contribution < -0.4 is 11.1 Å². The summed E-state index contributed by atoms with van der Waals surface area (Å²) < 4.78 is 0. The molecule has 0 saturated heterocycles. The summed E-state index contributed by atoms with van der Waals surface area (Å²) in [4.78, 5) is 16.6. The van der Waals surface area contributed by atoms with Gasteiger partial charge in [-0.3, -0.25) is 4.79 Å². The Morgan fingerprint density at radius 1 is 1.08 bits per heavy atom. The number of benzene rings is 2. The van der Waals surface area contributed by atoms with E-state index in [1.54, 1.807) is 0 Å². The van der Waals surface area contributed by atoms with Crippen molar-refractivity contribution in [3.8, 4) is 0 Å². The van der Waals surface area contributed by atoms with Crippen LogP contribution in [0, 0.1) is 0 Å². The summed E-state index contributed by atoms with van der Waals surface area (Å²) in [6, 6.07) is 18.3. The molecule has 2 atom stereocenters. The molecule has 0 aliphatic rings. The molecule has 0 fully saturated rings. The Kier molecular flexibility index (Phi) is 5.99.